The van der Waals surface area contributed by atoms with E-state index >= 15 is 0 Å². The molecule has 0 unspecified atom stereocenters. The van der Waals surface area contributed by atoms with E-state index in [9.17, 15) is 22.0 Å². The van der Waals surface area contributed by atoms with Crippen molar-refractivity contribution >= 4 is 22.0 Å². The number of rotatable bonds is 4. The van der Waals surface area contributed by atoms with Crippen molar-refractivity contribution in [3.63, 3.8) is 0 Å². The Morgan fingerprint density at radius 1 is 1.18 bits per heavy atom. The van der Waals surface area contributed by atoms with Gasteiger partial charge in [0.05, 0.1) is 6.33 Å². The first-order chi connectivity index (χ1) is 13.3. The van der Waals surface area contributed by atoms with Gasteiger partial charge in [0.1, 0.15) is 11.6 Å². The van der Waals surface area contributed by atoms with E-state index in [1.54, 1.807) is 11.6 Å². The van der Waals surface area contributed by atoms with Gasteiger partial charge >= 0.3 is 0 Å². The molecule has 150 valence electrons. The first kappa shape index (κ1) is 20.2. The zero-order valence-electron chi connectivity index (χ0n) is 15.3. The molecule has 10 heteroatoms. The minimum absolute atomic E-state index is 0.0254. The van der Waals surface area contributed by atoms with Gasteiger partial charge in [0.25, 0.3) is 10.0 Å². The van der Waals surface area contributed by atoms with Crippen molar-refractivity contribution in [2.45, 2.75) is 11.4 Å². The molecule has 1 aromatic heterocycles. The number of hydrogen-bond acceptors (Lipinski definition) is 4. The van der Waals surface area contributed by atoms with Crippen LogP contribution in [-0.2, 0) is 21.9 Å². The number of sulfonamides is 1. The number of carbonyl (C=O) groups excluding carboxylic acids is 1. The summed E-state index contributed by atoms with van der Waals surface area (Å²) in [4.78, 5) is 17.8. The molecule has 0 saturated carbocycles. The maximum absolute atomic E-state index is 13.6. The summed E-state index contributed by atoms with van der Waals surface area (Å²) in [6.07, 6.45) is 5.69. The van der Waals surface area contributed by atoms with Crippen molar-refractivity contribution < 1.29 is 22.0 Å². The summed E-state index contributed by atoms with van der Waals surface area (Å²) in [5.74, 6) is -1.62. The fourth-order valence-electron chi connectivity index (χ4n) is 2.92. The van der Waals surface area contributed by atoms with Gasteiger partial charge in [-0.3, -0.25) is 4.79 Å². The molecule has 3 rings (SSSR count). The Morgan fingerprint density at radius 2 is 1.96 bits per heavy atom. The Kier molecular flexibility index (Phi) is 5.90. The van der Waals surface area contributed by atoms with Gasteiger partial charge in [0.2, 0.25) is 5.91 Å². The number of aryl methyl sites for hydroxylation is 1. The van der Waals surface area contributed by atoms with E-state index in [0.29, 0.717) is 13.0 Å². The number of amides is 1. The highest BCUT2D eigenvalue weighted by Crippen LogP contribution is 2.16. The van der Waals surface area contributed by atoms with Crippen molar-refractivity contribution in [3.8, 4) is 0 Å². The Balaban J connectivity index is 1.67. The lowest BCUT2D eigenvalue weighted by atomic mass is 10.2. The second-order valence-corrected chi connectivity index (χ2v) is 8.34. The number of halogens is 2. The van der Waals surface area contributed by atoms with E-state index in [4.69, 9.17) is 0 Å². The minimum Gasteiger partial charge on any atom is -0.339 e. The summed E-state index contributed by atoms with van der Waals surface area (Å²) in [7, 11) is -2.04. The molecule has 1 fully saturated rings. The molecule has 0 aliphatic carbocycles. The van der Waals surface area contributed by atoms with E-state index in [1.165, 1.54) is 33.9 Å². The summed E-state index contributed by atoms with van der Waals surface area (Å²) in [6, 6.07) is 2.99. The van der Waals surface area contributed by atoms with Crippen molar-refractivity contribution in [2.24, 2.45) is 7.05 Å². The molecule has 1 aromatic carbocycles. The first-order valence-electron chi connectivity index (χ1n) is 8.67. The highest BCUT2D eigenvalue weighted by Gasteiger charge is 2.29. The smallest absolute Gasteiger partial charge is 0.262 e. The van der Waals surface area contributed by atoms with Crippen LogP contribution in [0, 0.1) is 11.6 Å². The largest absolute Gasteiger partial charge is 0.339 e. The van der Waals surface area contributed by atoms with Crippen LogP contribution in [0.4, 0.5) is 8.78 Å². The van der Waals surface area contributed by atoms with E-state index in [0.717, 1.165) is 18.2 Å². The fourth-order valence-corrected chi connectivity index (χ4v) is 4.35. The topological polar surface area (TPSA) is 75.5 Å². The van der Waals surface area contributed by atoms with E-state index in [1.807, 2.05) is 0 Å². The first-order valence-corrected chi connectivity index (χ1v) is 10.1. The normalized spacial score (nSPS) is 16.5. The third-order valence-corrected chi connectivity index (χ3v) is 6.20. The monoisotopic (exact) mass is 410 g/mol. The Hall–Kier alpha value is -2.59. The molecule has 0 atom stereocenters. The summed E-state index contributed by atoms with van der Waals surface area (Å²) >= 11 is 0. The number of benzene rings is 1. The van der Waals surface area contributed by atoms with E-state index < -0.39 is 21.7 Å². The van der Waals surface area contributed by atoms with Crippen molar-refractivity contribution in [1.82, 2.24) is 18.8 Å². The molecular weight excluding hydrogens is 390 g/mol. The molecule has 1 saturated heterocycles. The van der Waals surface area contributed by atoms with Crippen LogP contribution in [0.25, 0.3) is 6.08 Å². The van der Waals surface area contributed by atoms with Crippen molar-refractivity contribution in [1.29, 1.82) is 0 Å². The van der Waals surface area contributed by atoms with Crippen LogP contribution in [-0.4, -0.2) is 59.3 Å². The molecule has 0 N–H and O–H groups in total. The third kappa shape index (κ3) is 4.45. The maximum Gasteiger partial charge on any atom is 0.262 e. The minimum atomic E-state index is -3.73. The molecule has 0 bridgehead atoms. The molecule has 7 nitrogen and oxygen atoms in total. The standard InChI is InChI=1S/C18H20F2N4O3S/c1-22-12-17(21-13-22)28(26,27)24-8-2-7-23(9-10-24)18(25)6-3-14-11-15(19)4-5-16(14)20/h3-6,11-13H,2,7-10H2,1H3/b6-3+. The maximum atomic E-state index is 13.6. The lowest BCUT2D eigenvalue weighted by Gasteiger charge is -2.20. The molecule has 1 aliphatic rings. The second kappa shape index (κ2) is 8.19. The third-order valence-electron chi connectivity index (χ3n) is 4.42. The zero-order valence-corrected chi connectivity index (χ0v) is 16.1. The lowest BCUT2D eigenvalue weighted by Crippen LogP contribution is -2.36. The molecule has 0 spiro atoms. The Bertz CT molecular complexity index is 1000. The molecule has 0 radical (unpaired) electrons. The Morgan fingerprint density at radius 3 is 2.68 bits per heavy atom. The highest BCUT2D eigenvalue weighted by atomic mass is 32.2. The van der Waals surface area contributed by atoms with Gasteiger partial charge in [-0.05, 0) is 30.7 Å². The van der Waals surface area contributed by atoms with Crippen LogP contribution in [0.3, 0.4) is 0 Å². The molecule has 2 heterocycles. The number of carbonyl (C=O) groups is 1. The number of imidazole rings is 1. The summed E-state index contributed by atoms with van der Waals surface area (Å²) in [5, 5.41) is -0.0312. The van der Waals surface area contributed by atoms with Crippen LogP contribution in [0.1, 0.15) is 12.0 Å². The zero-order chi connectivity index (χ0) is 20.3. The molecule has 1 amide bonds. The fraction of sp³-hybridized carbons (Fsp3) is 0.333. The van der Waals surface area contributed by atoms with Crippen LogP contribution in [0.5, 0.6) is 0 Å². The lowest BCUT2D eigenvalue weighted by molar-refractivity contribution is -0.125. The van der Waals surface area contributed by atoms with E-state index in [-0.39, 0.29) is 36.1 Å². The molecule has 1 aliphatic heterocycles. The number of nitrogens with zero attached hydrogens (tertiary/aromatic N) is 4. The predicted octanol–water partition coefficient (Wildman–Crippen LogP) is 1.63. The quantitative estimate of drug-likeness (QED) is 0.718. The van der Waals surface area contributed by atoms with Crippen LogP contribution >= 0.6 is 0 Å². The molecule has 28 heavy (non-hydrogen) atoms. The van der Waals surface area contributed by atoms with Crippen LogP contribution < -0.4 is 0 Å². The summed E-state index contributed by atoms with van der Waals surface area (Å²) in [5.41, 5.74) is -0.0254. The van der Waals surface area contributed by atoms with Crippen molar-refractivity contribution in [3.05, 3.63) is 54.0 Å². The van der Waals surface area contributed by atoms with E-state index in [2.05, 4.69) is 4.98 Å². The SMILES string of the molecule is Cn1cnc(S(=O)(=O)N2CCCN(C(=O)/C=C/c3cc(F)ccc3F)CC2)c1. The average molecular weight is 410 g/mol. The van der Waals surface area contributed by atoms with Gasteiger partial charge in [0.15, 0.2) is 5.03 Å². The van der Waals surface area contributed by atoms with Crippen LogP contribution in [0.15, 0.2) is 41.8 Å². The van der Waals surface area contributed by atoms with Crippen molar-refractivity contribution in [2.75, 3.05) is 26.2 Å². The van der Waals surface area contributed by atoms with Gasteiger partial charge in [-0.2, -0.15) is 4.31 Å². The van der Waals surface area contributed by atoms with Gasteiger partial charge in [0, 0.05) is 51.1 Å². The van der Waals surface area contributed by atoms with Gasteiger partial charge in [-0.1, -0.05) is 0 Å². The van der Waals surface area contributed by atoms with Gasteiger partial charge in [-0.15, -0.1) is 0 Å². The average Bonchev–Trinajstić information content (AvgIpc) is 2.94. The highest BCUT2D eigenvalue weighted by molar-refractivity contribution is 7.89. The molecule has 2 aromatic rings. The number of hydrogen-bond donors (Lipinski definition) is 0. The van der Waals surface area contributed by atoms with Crippen LogP contribution in [0.2, 0.25) is 0 Å². The number of aromatic nitrogens is 2. The summed E-state index contributed by atoms with van der Waals surface area (Å²) < 4.78 is 55.0. The summed E-state index contributed by atoms with van der Waals surface area (Å²) in [6.45, 7) is 0.960. The molecular formula is C18H20F2N4O3S. The van der Waals surface area contributed by atoms with Gasteiger partial charge in [-0.25, -0.2) is 22.2 Å². The predicted molar refractivity (Wildman–Crippen MR) is 98.6 cm³/mol. The second-order valence-electron chi connectivity index (χ2n) is 6.46. The van der Waals surface area contributed by atoms with Gasteiger partial charge < -0.3 is 9.47 Å². The Labute approximate surface area is 161 Å².